The lowest BCUT2D eigenvalue weighted by Crippen LogP contribution is -2.40. The molecule has 1 amide bonds. The summed E-state index contributed by atoms with van der Waals surface area (Å²) in [7, 11) is 0. The van der Waals surface area contributed by atoms with Crippen LogP contribution in [0.3, 0.4) is 0 Å². The molecule has 1 aliphatic rings. The van der Waals surface area contributed by atoms with Crippen molar-refractivity contribution in [2.75, 3.05) is 39.5 Å². The molecule has 0 aliphatic carbocycles. The van der Waals surface area contributed by atoms with Crippen LogP contribution in [-0.4, -0.2) is 57.4 Å². The van der Waals surface area contributed by atoms with Crippen molar-refractivity contribution in [1.82, 2.24) is 10.6 Å². The summed E-state index contributed by atoms with van der Waals surface area (Å²) in [5, 5.41) is 6.39. The second kappa shape index (κ2) is 12.7. The molecule has 0 aromatic carbocycles. The first kappa shape index (κ1) is 23.4. The van der Waals surface area contributed by atoms with Crippen LogP contribution < -0.4 is 16.4 Å². The van der Waals surface area contributed by atoms with Gasteiger partial charge in [0.1, 0.15) is 0 Å². The number of nitrogens with one attached hydrogen (secondary N) is 2. The molecule has 142 valence electrons. The van der Waals surface area contributed by atoms with E-state index in [9.17, 15) is 4.79 Å². The Labute approximate surface area is 162 Å². The monoisotopic (exact) mass is 456 g/mol. The van der Waals surface area contributed by atoms with E-state index in [0.717, 1.165) is 39.0 Å². The van der Waals surface area contributed by atoms with E-state index in [4.69, 9.17) is 15.2 Å². The highest BCUT2D eigenvalue weighted by Crippen LogP contribution is 2.14. The molecule has 0 aromatic rings. The Morgan fingerprint density at radius 3 is 2.75 bits per heavy atom. The molecule has 4 N–H and O–H groups in total. The Morgan fingerprint density at radius 1 is 1.42 bits per heavy atom. The minimum Gasteiger partial charge on any atom is -0.379 e. The lowest BCUT2D eigenvalue weighted by atomic mass is 9.93. The highest BCUT2D eigenvalue weighted by atomic mass is 127. The number of nitrogens with two attached hydrogens (primary N) is 1. The second-order valence-corrected chi connectivity index (χ2v) is 6.43. The minimum atomic E-state index is -0.646. The molecule has 0 saturated carbocycles. The van der Waals surface area contributed by atoms with E-state index in [0.29, 0.717) is 25.7 Å². The smallest absolute Gasteiger partial charge is 0.224 e. The van der Waals surface area contributed by atoms with Crippen molar-refractivity contribution < 1.29 is 14.3 Å². The average molecular weight is 456 g/mol. The predicted molar refractivity (Wildman–Crippen MR) is 107 cm³/mol. The lowest BCUT2D eigenvalue weighted by Gasteiger charge is -2.19. The Kier molecular flexibility index (Phi) is 12.4. The molecule has 0 bridgehead atoms. The Morgan fingerprint density at radius 2 is 2.17 bits per heavy atom. The van der Waals surface area contributed by atoms with Crippen LogP contribution in [0.15, 0.2) is 4.99 Å². The molecule has 1 unspecified atom stereocenters. The van der Waals surface area contributed by atoms with Gasteiger partial charge in [-0.15, -0.1) is 24.0 Å². The summed E-state index contributed by atoms with van der Waals surface area (Å²) in [5.41, 5.74) is 4.72. The van der Waals surface area contributed by atoms with Crippen LogP contribution in [0.25, 0.3) is 0 Å². The topological polar surface area (TPSA) is 98.0 Å². The zero-order chi connectivity index (χ0) is 17.1. The van der Waals surface area contributed by atoms with Gasteiger partial charge in [-0.3, -0.25) is 9.79 Å². The van der Waals surface area contributed by atoms with E-state index >= 15 is 0 Å². The van der Waals surface area contributed by atoms with E-state index in [1.165, 1.54) is 0 Å². The maximum atomic E-state index is 11.3. The van der Waals surface area contributed by atoms with Gasteiger partial charge in [0.25, 0.3) is 0 Å². The fraction of sp³-hybridized carbons (Fsp3) is 0.875. The number of halogens is 1. The van der Waals surface area contributed by atoms with Crippen LogP contribution in [0, 0.1) is 5.41 Å². The molecule has 7 nitrogen and oxygen atoms in total. The third kappa shape index (κ3) is 9.63. The molecule has 24 heavy (non-hydrogen) atoms. The molecule has 1 atom stereocenters. The molecule has 0 aromatic heterocycles. The van der Waals surface area contributed by atoms with E-state index < -0.39 is 5.41 Å². The number of carbonyl (C=O) groups excluding carboxylic acids is 1. The van der Waals surface area contributed by atoms with Gasteiger partial charge in [-0.2, -0.15) is 0 Å². The van der Waals surface area contributed by atoms with Gasteiger partial charge in [0, 0.05) is 26.3 Å². The van der Waals surface area contributed by atoms with Crippen LogP contribution in [0.2, 0.25) is 0 Å². The van der Waals surface area contributed by atoms with Gasteiger partial charge in [0.15, 0.2) is 5.96 Å². The SMILES string of the molecule is CCNC(=NCC(C)(C)C(N)=O)NCCCOCC1CCCO1.I. The van der Waals surface area contributed by atoms with E-state index in [-0.39, 0.29) is 36.0 Å². The summed E-state index contributed by atoms with van der Waals surface area (Å²) >= 11 is 0. The van der Waals surface area contributed by atoms with Crippen molar-refractivity contribution in [3.8, 4) is 0 Å². The summed E-state index contributed by atoms with van der Waals surface area (Å²) < 4.78 is 11.1. The number of amides is 1. The van der Waals surface area contributed by atoms with Crippen LogP contribution in [0.4, 0.5) is 0 Å². The van der Waals surface area contributed by atoms with Gasteiger partial charge in [-0.05, 0) is 40.0 Å². The fourth-order valence-corrected chi connectivity index (χ4v) is 2.07. The summed E-state index contributed by atoms with van der Waals surface area (Å²) in [4.78, 5) is 15.7. The van der Waals surface area contributed by atoms with Gasteiger partial charge < -0.3 is 25.8 Å². The largest absolute Gasteiger partial charge is 0.379 e. The molecule has 8 heteroatoms. The first-order valence-corrected chi connectivity index (χ1v) is 8.47. The normalized spacial score (nSPS) is 18.1. The minimum absolute atomic E-state index is 0. The number of carbonyl (C=O) groups is 1. The van der Waals surface area contributed by atoms with E-state index in [2.05, 4.69) is 15.6 Å². The Bertz CT molecular complexity index is 386. The van der Waals surface area contributed by atoms with Crippen molar-refractivity contribution in [3.05, 3.63) is 0 Å². The van der Waals surface area contributed by atoms with Crippen molar-refractivity contribution in [2.24, 2.45) is 16.1 Å². The molecule has 0 spiro atoms. The first-order valence-electron chi connectivity index (χ1n) is 8.47. The summed E-state index contributed by atoms with van der Waals surface area (Å²) in [6.07, 6.45) is 3.40. The third-order valence-electron chi connectivity index (χ3n) is 3.73. The number of rotatable bonds is 10. The third-order valence-corrected chi connectivity index (χ3v) is 3.73. The van der Waals surface area contributed by atoms with Gasteiger partial charge in [0.05, 0.1) is 24.7 Å². The molecule has 1 aliphatic heterocycles. The molecule has 1 fully saturated rings. The molecule has 1 saturated heterocycles. The molecule has 1 rings (SSSR count). The molecule has 0 radical (unpaired) electrons. The highest BCUT2D eigenvalue weighted by molar-refractivity contribution is 14.0. The van der Waals surface area contributed by atoms with Gasteiger partial charge in [0.2, 0.25) is 5.91 Å². The van der Waals surface area contributed by atoms with Crippen molar-refractivity contribution in [1.29, 1.82) is 0 Å². The number of nitrogens with zero attached hydrogens (tertiary/aromatic N) is 1. The van der Waals surface area contributed by atoms with E-state index in [1.54, 1.807) is 13.8 Å². The highest BCUT2D eigenvalue weighted by Gasteiger charge is 2.24. The zero-order valence-corrected chi connectivity index (χ0v) is 17.4. The van der Waals surface area contributed by atoms with Crippen molar-refractivity contribution in [2.45, 2.75) is 46.1 Å². The summed E-state index contributed by atoms with van der Waals surface area (Å²) in [5.74, 6) is 0.348. The molecular formula is C16H33IN4O3. The average Bonchev–Trinajstić information content (AvgIpc) is 3.01. The summed E-state index contributed by atoms with van der Waals surface area (Å²) in [6, 6.07) is 0. The van der Waals surface area contributed by atoms with Crippen LogP contribution in [-0.2, 0) is 14.3 Å². The van der Waals surface area contributed by atoms with Crippen LogP contribution in [0.5, 0.6) is 0 Å². The predicted octanol–water partition coefficient (Wildman–Crippen LogP) is 1.26. The first-order chi connectivity index (χ1) is 11.0. The fourth-order valence-electron chi connectivity index (χ4n) is 2.07. The van der Waals surface area contributed by atoms with Crippen molar-refractivity contribution in [3.63, 3.8) is 0 Å². The van der Waals surface area contributed by atoms with Crippen LogP contribution >= 0.6 is 24.0 Å². The molecular weight excluding hydrogens is 423 g/mol. The number of hydrogen-bond donors (Lipinski definition) is 3. The standard InChI is InChI=1S/C16H32N4O3.HI/c1-4-18-15(20-12-16(2,3)14(17)21)19-8-6-9-22-11-13-7-5-10-23-13;/h13H,4-12H2,1-3H3,(H2,17,21)(H2,18,19,20);1H. The van der Waals surface area contributed by atoms with Crippen molar-refractivity contribution >= 4 is 35.8 Å². The number of hydrogen-bond acceptors (Lipinski definition) is 4. The quantitative estimate of drug-likeness (QED) is 0.199. The zero-order valence-electron chi connectivity index (χ0n) is 15.1. The second-order valence-electron chi connectivity index (χ2n) is 6.43. The number of primary amides is 1. The van der Waals surface area contributed by atoms with Gasteiger partial charge >= 0.3 is 0 Å². The van der Waals surface area contributed by atoms with Gasteiger partial charge in [-0.1, -0.05) is 0 Å². The lowest BCUT2D eigenvalue weighted by molar-refractivity contribution is -0.125. The number of guanidine groups is 1. The van der Waals surface area contributed by atoms with Crippen LogP contribution in [0.1, 0.15) is 40.0 Å². The van der Waals surface area contributed by atoms with Gasteiger partial charge in [-0.25, -0.2) is 0 Å². The Hall–Kier alpha value is -0.610. The number of aliphatic imine (C=N–C) groups is 1. The summed E-state index contributed by atoms with van der Waals surface area (Å²) in [6.45, 7) is 9.70. The van der Waals surface area contributed by atoms with E-state index in [1.807, 2.05) is 6.92 Å². The molecule has 1 heterocycles. The number of ether oxygens (including phenoxy) is 2. The maximum Gasteiger partial charge on any atom is 0.224 e. The maximum absolute atomic E-state index is 11.3. The Balaban J connectivity index is 0.00000529.